The van der Waals surface area contributed by atoms with Gasteiger partial charge in [-0.1, -0.05) is 12.1 Å². The van der Waals surface area contributed by atoms with Crippen LogP contribution >= 0.6 is 35.3 Å². The van der Waals surface area contributed by atoms with Crippen molar-refractivity contribution in [1.29, 1.82) is 0 Å². The number of sulfonamides is 1. The number of thiazole rings is 1. The highest BCUT2D eigenvalue weighted by molar-refractivity contribution is 14.0. The lowest BCUT2D eigenvalue weighted by Gasteiger charge is -2.21. The molecule has 0 saturated carbocycles. The smallest absolute Gasteiger partial charge is 0.243 e. The van der Waals surface area contributed by atoms with Crippen LogP contribution in [0.2, 0.25) is 0 Å². The number of aromatic nitrogens is 1. The molecule has 0 radical (unpaired) electrons. The molecule has 0 aliphatic rings. The Labute approximate surface area is 195 Å². The van der Waals surface area contributed by atoms with E-state index in [-0.39, 0.29) is 30.0 Å². The zero-order valence-corrected chi connectivity index (χ0v) is 21.4. The molecule has 0 atom stereocenters. The standard InChI is InChI=1S/C19H29N5O2S2.HI/c1-6-20-19(23-13-18-21-11-15(4)27-18)22-12-16-7-9-17(10-8-16)28(25,26)24(5)14(2)3;/h7-11,14H,6,12-13H2,1-5H3,(H2,20,22,23);1H. The third-order valence-corrected chi connectivity index (χ3v) is 7.13. The second-order valence-corrected chi connectivity index (χ2v) is 9.99. The molecular weight excluding hydrogens is 521 g/mol. The van der Waals surface area contributed by atoms with Crippen molar-refractivity contribution < 1.29 is 8.42 Å². The second kappa shape index (κ2) is 11.8. The maximum absolute atomic E-state index is 12.5. The summed E-state index contributed by atoms with van der Waals surface area (Å²) in [7, 11) is -1.87. The highest BCUT2D eigenvalue weighted by Crippen LogP contribution is 2.17. The molecule has 1 aromatic heterocycles. The van der Waals surface area contributed by atoms with Crippen LogP contribution in [0.5, 0.6) is 0 Å². The van der Waals surface area contributed by atoms with Crippen LogP contribution in [-0.4, -0.2) is 43.3 Å². The first kappa shape index (κ1) is 25.8. The number of hydrogen-bond donors (Lipinski definition) is 2. The lowest BCUT2D eigenvalue weighted by molar-refractivity contribution is 0.410. The van der Waals surface area contributed by atoms with Crippen molar-refractivity contribution in [3.05, 3.63) is 45.9 Å². The summed E-state index contributed by atoms with van der Waals surface area (Å²) < 4.78 is 26.4. The van der Waals surface area contributed by atoms with E-state index in [0.29, 0.717) is 23.9 Å². The minimum absolute atomic E-state index is 0. The van der Waals surface area contributed by atoms with Gasteiger partial charge in [-0.3, -0.25) is 0 Å². The van der Waals surface area contributed by atoms with E-state index in [1.54, 1.807) is 42.6 Å². The van der Waals surface area contributed by atoms with Gasteiger partial charge in [0.05, 0.1) is 18.0 Å². The molecule has 0 bridgehead atoms. The maximum atomic E-state index is 12.5. The SMILES string of the molecule is CCNC(=NCc1ccc(S(=O)(=O)N(C)C(C)C)cc1)NCc1ncc(C)s1.I. The molecule has 29 heavy (non-hydrogen) atoms. The van der Waals surface area contributed by atoms with E-state index in [0.717, 1.165) is 17.1 Å². The van der Waals surface area contributed by atoms with E-state index in [1.165, 1.54) is 9.18 Å². The predicted molar refractivity (Wildman–Crippen MR) is 130 cm³/mol. The summed E-state index contributed by atoms with van der Waals surface area (Å²) in [6, 6.07) is 6.79. The largest absolute Gasteiger partial charge is 0.357 e. The van der Waals surface area contributed by atoms with Crippen LogP contribution in [0.3, 0.4) is 0 Å². The summed E-state index contributed by atoms with van der Waals surface area (Å²) >= 11 is 1.65. The Morgan fingerprint density at radius 2 is 1.90 bits per heavy atom. The third kappa shape index (κ3) is 7.50. The first-order chi connectivity index (χ1) is 13.2. The Balaban J connectivity index is 0.00000420. The van der Waals surface area contributed by atoms with Gasteiger partial charge in [0.2, 0.25) is 10.0 Å². The Hall–Kier alpha value is -1.24. The molecule has 2 N–H and O–H groups in total. The highest BCUT2D eigenvalue weighted by Gasteiger charge is 2.22. The number of hydrogen-bond acceptors (Lipinski definition) is 5. The molecule has 7 nitrogen and oxygen atoms in total. The quantitative estimate of drug-likeness (QED) is 0.299. The van der Waals surface area contributed by atoms with Crippen LogP contribution < -0.4 is 10.6 Å². The molecule has 1 heterocycles. The molecule has 0 fully saturated rings. The number of nitrogens with zero attached hydrogens (tertiary/aromatic N) is 3. The number of aliphatic imine (C=N–C) groups is 1. The van der Waals surface area contributed by atoms with Crippen LogP contribution in [0.15, 0.2) is 40.4 Å². The normalized spacial score (nSPS) is 12.2. The molecule has 10 heteroatoms. The van der Waals surface area contributed by atoms with Gasteiger partial charge in [0.1, 0.15) is 5.01 Å². The van der Waals surface area contributed by atoms with Crippen LogP contribution in [0, 0.1) is 6.92 Å². The molecule has 2 aromatic rings. The molecule has 0 aliphatic heterocycles. The average molecular weight is 552 g/mol. The zero-order chi connectivity index (χ0) is 20.7. The van der Waals surface area contributed by atoms with Crippen molar-refractivity contribution in [1.82, 2.24) is 19.9 Å². The van der Waals surface area contributed by atoms with Crippen molar-refractivity contribution in [2.45, 2.75) is 51.7 Å². The zero-order valence-electron chi connectivity index (χ0n) is 17.5. The van der Waals surface area contributed by atoms with Crippen molar-refractivity contribution in [3.63, 3.8) is 0 Å². The lowest BCUT2D eigenvalue weighted by Crippen LogP contribution is -2.36. The summed E-state index contributed by atoms with van der Waals surface area (Å²) in [6.07, 6.45) is 1.86. The van der Waals surface area contributed by atoms with Gasteiger partial charge in [-0.2, -0.15) is 4.31 Å². The van der Waals surface area contributed by atoms with E-state index in [1.807, 2.05) is 33.9 Å². The van der Waals surface area contributed by atoms with Crippen LogP contribution in [0.4, 0.5) is 0 Å². The molecule has 162 valence electrons. The number of guanidine groups is 1. The summed E-state index contributed by atoms with van der Waals surface area (Å²) in [6.45, 7) is 9.56. The van der Waals surface area contributed by atoms with Gasteiger partial charge in [-0.25, -0.2) is 18.4 Å². The Kier molecular flexibility index (Phi) is 10.5. The summed E-state index contributed by atoms with van der Waals surface area (Å²) in [5.74, 6) is 0.701. The Bertz CT molecular complexity index is 896. The Morgan fingerprint density at radius 1 is 1.24 bits per heavy atom. The molecule has 0 spiro atoms. The summed E-state index contributed by atoms with van der Waals surface area (Å²) in [5.41, 5.74) is 0.938. The van der Waals surface area contributed by atoms with E-state index in [9.17, 15) is 8.42 Å². The van der Waals surface area contributed by atoms with Crippen LogP contribution in [0.25, 0.3) is 0 Å². The van der Waals surface area contributed by atoms with Crippen molar-refractivity contribution in [2.24, 2.45) is 4.99 Å². The predicted octanol–water partition coefficient (Wildman–Crippen LogP) is 3.35. The summed E-state index contributed by atoms with van der Waals surface area (Å²) in [5, 5.41) is 7.48. The van der Waals surface area contributed by atoms with Crippen molar-refractivity contribution in [2.75, 3.05) is 13.6 Å². The van der Waals surface area contributed by atoms with Gasteiger partial charge in [-0.15, -0.1) is 35.3 Å². The molecule has 0 amide bonds. The van der Waals surface area contributed by atoms with Gasteiger partial charge in [0.15, 0.2) is 5.96 Å². The first-order valence-corrected chi connectivity index (χ1v) is 11.5. The van der Waals surface area contributed by atoms with Gasteiger partial charge in [0.25, 0.3) is 0 Å². The van der Waals surface area contributed by atoms with Gasteiger partial charge in [-0.05, 0) is 45.4 Å². The maximum Gasteiger partial charge on any atom is 0.243 e. The minimum atomic E-state index is -3.47. The third-order valence-electron chi connectivity index (χ3n) is 4.17. The lowest BCUT2D eigenvalue weighted by atomic mass is 10.2. The molecule has 0 aliphatic carbocycles. The van der Waals surface area contributed by atoms with Crippen LogP contribution in [-0.2, 0) is 23.1 Å². The number of benzene rings is 1. The fourth-order valence-electron chi connectivity index (χ4n) is 2.37. The van der Waals surface area contributed by atoms with E-state index in [2.05, 4.69) is 20.6 Å². The monoisotopic (exact) mass is 551 g/mol. The highest BCUT2D eigenvalue weighted by atomic mass is 127. The summed E-state index contributed by atoms with van der Waals surface area (Å²) in [4.78, 5) is 10.4. The molecule has 1 aromatic carbocycles. The van der Waals surface area contributed by atoms with E-state index < -0.39 is 10.0 Å². The van der Waals surface area contributed by atoms with Crippen molar-refractivity contribution in [3.8, 4) is 0 Å². The number of nitrogens with one attached hydrogen (secondary N) is 2. The minimum Gasteiger partial charge on any atom is -0.357 e. The molecule has 2 rings (SSSR count). The molecular formula is C19H30IN5O2S2. The average Bonchev–Trinajstić information content (AvgIpc) is 3.08. The first-order valence-electron chi connectivity index (χ1n) is 9.24. The number of rotatable bonds is 8. The number of halogens is 1. The van der Waals surface area contributed by atoms with E-state index in [4.69, 9.17) is 0 Å². The Morgan fingerprint density at radius 3 is 2.41 bits per heavy atom. The molecule has 0 saturated heterocycles. The number of aryl methyl sites for hydroxylation is 1. The second-order valence-electron chi connectivity index (χ2n) is 6.67. The van der Waals surface area contributed by atoms with Gasteiger partial charge >= 0.3 is 0 Å². The van der Waals surface area contributed by atoms with Gasteiger partial charge in [0, 0.05) is 30.7 Å². The van der Waals surface area contributed by atoms with Gasteiger partial charge < -0.3 is 10.6 Å². The fourth-order valence-corrected chi connectivity index (χ4v) is 4.46. The fraction of sp³-hybridized carbons (Fsp3) is 0.474. The van der Waals surface area contributed by atoms with Crippen molar-refractivity contribution >= 4 is 51.3 Å². The molecule has 0 unspecified atom stereocenters. The van der Waals surface area contributed by atoms with Crippen LogP contribution in [0.1, 0.15) is 36.2 Å². The van der Waals surface area contributed by atoms with E-state index >= 15 is 0 Å². The topological polar surface area (TPSA) is 86.7 Å².